The minimum absolute atomic E-state index is 0.212. The first kappa shape index (κ1) is 13.3. The van der Waals surface area contributed by atoms with Crippen molar-refractivity contribution in [2.75, 3.05) is 0 Å². The normalized spacial score (nSPS) is 11.8. The Labute approximate surface area is 117 Å². The zero-order valence-corrected chi connectivity index (χ0v) is 13.0. The number of hydrogen-bond donors (Lipinski definition) is 0. The standard InChI is InChI=1S/C15H19BrN2/c1-15(2,3)12-7-5-11(6-8-12)9-13-14(16)18(4)10-17-13/h5-8,10H,9H2,1-4H3. The topological polar surface area (TPSA) is 17.8 Å². The molecule has 0 amide bonds. The summed E-state index contributed by atoms with van der Waals surface area (Å²) < 4.78 is 3.04. The van der Waals surface area contributed by atoms with Crippen molar-refractivity contribution in [1.82, 2.24) is 9.55 Å². The summed E-state index contributed by atoms with van der Waals surface area (Å²) in [5, 5.41) is 0. The largest absolute Gasteiger partial charge is 0.328 e. The Morgan fingerprint density at radius 1 is 1.17 bits per heavy atom. The first-order valence-electron chi connectivity index (χ1n) is 6.13. The van der Waals surface area contributed by atoms with E-state index in [9.17, 15) is 0 Å². The smallest absolute Gasteiger partial charge is 0.108 e. The third kappa shape index (κ3) is 2.83. The summed E-state index contributed by atoms with van der Waals surface area (Å²) in [6.45, 7) is 6.70. The van der Waals surface area contributed by atoms with Crippen LogP contribution in [0.4, 0.5) is 0 Å². The lowest BCUT2D eigenvalue weighted by molar-refractivity contribution is 0.590. The van der Waals surface area contributed by atoms with Gasteiger partial charge in [-0.3, -0.25) is 0 Å². The van der Waals surface area contributed by atoms with Crippen LogP contribution in [0.5, 0.6) is 0 Å². The van der Waals surface area contributed by atoms with Gasteiger partial charge in [0.05, 0.1) is 12.0 Å². The summed E-state index contributed by atoms with van der Waals surface area (Å²) in [5.74, 6) is 0. The van der Waals surface area contributed by atoms with Crippen molar-refractivity contribution in [2.45, 2.75) is 32.6 Å². The molecule has 1 aromatic carbocycles. The maximum Gasteiger partial charge on any atom is 0.108 e. The van der Waals surface area contributed by atoms with E-state index in [1.54, 1.807) is 0 Å². The number of nitrogens with zero attached hydrogens (tertiary/aromatic N) is 2. The van der Waals surface area contributed by atoms with Gasteiger partial charge in [-0.15, -0.1) is 0 Å². The third-order valence-corrected chi connectivity index (χ3v) is 4.14. The van der Waals surface area contributed by atoms with Crippen molar-refractivity contribution in [3.8, 4) is 0 Å². The van der Waals surface area contributed by atoms with E-state index < -0.39 is 0 Å². The molecule has 0 spiro atoms. The van der Waals surface area contributed by atoms with Gasteiger partial charge in [0.15, 0.2) is 0 Å². The Hall–Kier alpha value is -1.09. The predicted molar refractivity (Wildman–Crippen MR) is 78.9 cm³/mol. The highest BCUT2D eigenvalue weighted by Gasteiger charge is 2.13. The molecule has 18 heavy (non-hydrogen) atoms. The van der Waals surface area contributed by atoms with Crippen LogP contribution >= 0.6 is 15.9 Å². The Morgan fingerprint density at radius 2 is 1.78 bits per heavy atom. The van der Waals surface area contributed by atoms with Crippen molar-refractivity contribution in [3.05, 3.63) is 52.0 Å². The number of hydrogen-bond acceptors (Lipinski definition) is 1. The Bertz CT molecular complexity index is 533. The van der Waals surface area contributed by atoms with Crippen LogP contribution in [-0.2, 0) is 18.9 Å². The van der Waals surface area contributed by atoms with Gasteiger partial charge in [0.25, 0.3) is 0 Å². The molecule has 2 rings (SSSR count). The minimum atomic E-state index is 0.212. The van der Waals surface area contributed by atoms with Gasteiger partial charge in [0.1, 0.15) is 4.60 Å². The van der Waals surface area contributed by atoms with Crippen LogP contribution in [0.2, 0.25) is 0 Å². The van der Waals surface area contributed by atoms with Gasteiger partial charge in [-0.2, -0.15) is 0 Å². The number of halogens is 1. The molecule has 0 saturated carbocycles. The molecule has 1 heterocycles. The highest BCUT2D eigenvalue weighted by Crippen LogP contribution is 2.23. The summed E-state index contributed by atoms with van der Waals surface area (Å²) in [5.41, 5.74) is 3.96. The fourth-order valence-electron chi connectivity index (χ4n) is 1.90. The maximum absolute atomic E-state index is 4.40. The lowest BCUT2D eigenvalue weighted by Gasteiger charge is -2.19. The van der Waals surface area contributed by atoms with Gasteiger partial charge in [-0.1, -0.05) is 45.0 Å². The molecule has 0 atom stereocenters. The SMILES string of the molecule is Cn1cnc(Cc2ccc(C(C)(C)C)cc2)c1Br. The molecule has 2 nitrogen and oxygen atoms in total. The van der Waals surface area contributed by atoms with Crippen molar-refractivity contribution in [1.29, 1.82) is 0 Å². The van der Waals surface area contributed by atoms with Crippen LogP contribution in [0.15, 0.2) is 35.2 Å². The van der Waals surface area contributed by atoms with E-state index in [0.29, 0.717) is 0 Å². The lowest BCUT2D eigenvalue weighted by atomic mass is 9.86. The van der Waals surface area contributed by atoms with Crippen LogP contribution in [0.25, 0.3) is 0 Å². The summed E-state index contributed by atoms with van der Waals surface area (Å²) in [4.78, 5) is 4.40. The summed E-state index contributed by atoms with van der Waals surface area (Å²) in [7, 11) is 1.99. The van der Waals surface area contributed by atoms with E-state index in [1.807, 2.05) is 17.9 Å². The fraction of sp³-hybridized carbons (Fsp3) is 0.400. The average molecular weight is 307 g/mol. The van der Waals surface area contributed by atoms with Crippen molar-refractivity contribution < 1.29 is 0 Å². The number of aryl methyl sites for hydroxylation is 1. The molecule has 2 aromatic rings. The van der Waals surface area contributed by atoms with E-state index in [0.717, 1.165) is 16.7 Å². The minimum Gasteiger partial charge on any atom is -0.328 e. The molecule has 0 unspecified atom stereocenters. The Morgan fingerprint density at radius 3 is 2.22 bits per heavy atom. The van der Waals surface area contributed by atoms with Crippen LogP contribution < -0.4 is 0 Å². The second kappa shape index (κ2) is 4.88. The average Bonchev–Trinajstić information content (AvgIpc) is 2.61. The maximum atomic E-state index is 4.40. The second-order valence-corrected chi connectivity index (χ2v) is 6.47. The third-order valence-electron chi connectivity index (χ3n) is 3.13. The molecule has 0 N–H and O–H groups in total. The first-order valence-corrected chi connectivity index (χ1v) is 6.92. The molecule has 0 saturated heterocycles. The molecule has 96 valence electrons. The van der Waals surface area contributed by atoms with Gasteiger partial charge >= 0.3 is 0 Å². The zero-order chi connectivity index (χ0) is 13.3. The van der Waals surface area contributed by atoms with Gasteiger partial charge in [0, 0.05) is 13.5 Å². The molecule has 0 radical (unpaired) electrons. The molecule has 0 bridgehead atoms. The monoisotopic (exact) mass is 306 g/mol. The molecule has 3 heteroatoms. The predicted octanol–water partition coefficient (Wildman–Crippen LogP) is 4.07. The van der Waals surface area contributed by atoms with Crippen molar-refractivity contribution in [3.63, 3.8) is 0 Å². The van der Waals surface area contributed by atoms with E-state index in [1.165, 1.54) is 11.1 Å². The van der Waals surface area contributed by atoms with E-state index in [2.05, 4.69) is 66.0 Å². The van der Waals surface area contributed by atoms with Crippen LogP contribution in [0.3, 0.4) is 0 Å². The first-order chi connectivity index (χ1) is 8.38. The van der Waals surface area contributed by atoms with Gasteiger partial charge in [-0.25, -0.2) is 4.98 Å². The molecule has 0 aliphatic carbocycles. The molecule has 1 aromatic heterocycles. The molecule has 0 aliphatic rings. The van der Waals surface area contributed by atoms with E-state index in [-0.39, 0.29) is 5.41 Å². The van der Waals surface area contributed by atoms with Gasteiger partial charge in [-0.05, 0) is 32.5 Å². The van der Waals surface area contributed by atoms with E-state index in [4.69, 9.17) is 0 Å². The quantitative estimate of drug-likeness (QED) is 0.818. The fourth-order valence-corrected chi connectivity index (χ4v) is 2.23. The highest BCUT2D eigenvalue weighted by atomic mass is 79.9. The van der Waals surface area contributed by atoms with Crippen molar-refractivity contribution >= 4 is 15.9 Å². The number of benzene rings is 1. The van der Waals surface area contributed by atoms with Crippen LogP contribution in [0, 0.1) is 0 Å². The van der Waals surface area contributed by atoms with E-state index >= 15 is 0 Å². The molecule has 0 fully saturated rings. The molecular formula is C15H19BrN2. The van der Waals surface area contributed by atoms with Crippen LogP contribution in [-0.4, -0.2) is 9.55 Å². The Balaban J connectivity index is 2.19. The van der Waals surface area contributed by atoms with Crippen LogP contribution in [0.1, 0.15) is 37.6 Å². The molecule has 0 aliphatic heterocycles. The number of imidazole rings is 1. The number of rotatable bonds is 2. The summed E-state index contributed by atoms with van der Waals surface area (Å²) in [6.07, 6.45) is 2.70. The zero-order valence-electron chi connectivity index (χ0n) is 11.4. The second-order valence-electron chi connectivity index (χ2n) is 5.72. The summed E-state index contributed by atoms with van der Waals surface area (Å²) >= 11 is 3.55. The van der Waals surface area contributed by atoms with Crippen molar-refractivity contribution in [2.24, 2.45) is 7.05 Å². The summed E-state index contributed by atoms with van der Waals surface area (Å²) in [6, 6.07) is 8.82. The van der Waals surface area contributed by atoms with Gasteiger partial charge in [0.2, 0.25) is 0 Å². The Kier molecular flexibility index (Phi) is 3.62. The highest BCUT2D eigenvalue weighted by molar-refractivity contribution is 9.10. The molecular weight excluding hydrogens is 288 g/mol. The number of aromatic nitrogens is 2. The lowest BCUT2D eigenvalue weighted by Crippen LogP contribution is -2.10. The van der Waals surface area contributed by atoms with Gasteiger partial charge < -0.3 is 4.57 Å².